The van der Waals surface area contributed by atoms with Crippen molar-refractivity contribution in [3.63, 3.8) is 0 Å². The SMILES string of the molecule is O=C(O)c1ccc(C(OC2CCCCO2)c2occc(=O)c2OCc2ccccc2)cc1. The van der Waals surface area contributed by atoms with Gasteiger partial charge in [0.15, 0.2) is 12.1 Å². The molecule has 3 aromatic rings. The Morgan fingerprint density at radius 3 is 2.53 bits per heavy atom. The van der Waals surface area contributed by atoms with E-state index in [1.165, 1.54) is 24.5 Å². The minimum absolute atomic E-state index is 0.0551. The number of hydrogen-bond donors (Lipinski definition) is 1. The zero-order chi connectivity index (χ0) is 22.3. The van der Waals surface area contributed by atoms with Gasteiger partial charge in [-0.1, -0.05) is 42.5 Å². The second-order valence-electron chi connectivity index (χ2n) is 7.49. The molecule has 0 aliphatic carbocycles. The highest BCUT2D eigenvalue weighted by Crippen LogP contribution is 2.34. The van der Waals surface area contributed by atoms with Crippen LogP contribution < -0.4 is 10.2 Å². The van der Waals surface area contributed by atoms with E-state index in [4.69, 9.17) is 18.6 Å². The molecule has 0 spiro atoms. The van der Waals surface area contributed by atoms with Crippen molar-refractivity contribution in [2.75, 3.05) is 6.61 Å². The van der Waals surface area contributed by atoms with E-state index in [0.717, 1.165) is 18.4 Å². The third-order valence-corrected chi connectivity index (χ3v) is 5.21. The summed E-state index contributed by atoms with van der Waals surface area (Å²) in [7, 11) is 0. The van der Waals surface area contributed by atoms with Crippen molar-refractivity contribution in [1.29, 1.82) is 0 Å². The molecule has 0 bridgehead atoms. The van der Waals surface area contributed by atoms with E-state index in [2.05, 4.69) is 0 Å². The third-order valence-electron chi connectivity index (χ3n) is 5.21. The molecule has 7 heteroatoms. The van der Waals surface area contributed by atoms with Crippen LogP contribution in [0.15, 0.2) is 76.1 Å². The van der Waals surface area contributed by atoms with Crippen LogP contribution in [-0.2, 0) is 16.1 Å². The number of carbonyl (C=O) groups is 1. The number of ether oxygens (including phenoxy) is 3. The number of carboxylic acids is 1. The highest BCUT2D eigenvalue weighted by atomic mass is 16.7. The first kappa shape index (κ1) is 21.8. The Bertz CT molecular complexity index is 1080. The van der Waals surface area contributed by atoms with Gasteiger partial charge < -0.3 is 23.7 Å². The molecule has 2 atom stereocenters. The maximum Gasteiger partial charge on any atom is 0.335 e. The first-order chi connectivity index (χ1) is 15.6. The molecular weight excluding hydrogens is 412 g/mol. The number of carboxylic acid groups (broad SMARTS) is 1. The van der Waals surface area contributed by atoms with Crippen molar-refractivity contribution in [1.82, 2.24) is 0 Å². The predicted octanol–water partition coefficient (Wildman–Crippen LogP) is 4.55. The number of benzene rings is 2. The third kappa shape index (κ3) is 5.25. The van der Waals surface area contributed by atoms with Crippen LogP contribution in [0.3, 0.4) is 0 Å². The second kappa shape index (κ2) is 10.3. The van der Waals surface area contributed by atoms with Gasteiger partial charge in [-0.3, -0.25) is 4.79 Å². The molecule has 2 unspecified atom stereocenters. The molecule has 0 amide bonds. The molecule has 2 aromatic carbocycles. The summed E-state index contributed by atoms with van der Waals surface area (Å²) in [6.07, 6.45) is 2.66. The van der Waals surface area contributed by atoms with Crippen LogP contribution in [0.25, 0.3) is 0 Å². The van der Waals surface area contributed by atoms with E-state index < -0.39 is 18.4 Å². The lowest BCUT2D eigenvalue weighted by atomic mass is 10.0. The molecule has 32 heavy (non-hydrogen) atoms. The van der Waals surface area contributed by atoms with E-state index in [1.54, 1.807) is 12.1 Å². The van der Waals surface area contributed by atoms with Crippen molar-refractivity contribution >= 4 is 5.97 Å². The zero-order valence-electron chi connectivity index (χ0n) is 17.4. The van der Waals surface area contributed by atoms with Gasteiger partial charge in [-0.05, 0) is 42.5 Å². The maximum atomic E-state index is 12.7. The number of rotatable bonds is 8. The van der Waals surface area contributed by atoms with Gasteiger partial charge in [0.05, 0.1) is 11.8 Å². The summed E-state index contributed by atoms with van der Waals surface area (Å²) in [5.41, 5.74) is 1.35. The monoisotopic (exact) mass is 436 g/mol. The van der Waals surface area contributed by atoms with Crippen molar-refractivity contribution in [2.45, 2.75) is 38.3 Å². The van der Waals surface area contributed by atoms with Gasteiger partial charge >= 0.3 is 5.97 Å². The minimum atomic E-state index is -1.03. The van der Waals surface area contributed by atoms with Gasteiger partial charge in [0.1, 0.15) is 12.7 Å². The van der Waals surface area contributed by atoms with Crippen LogP contribution in [0.5, 0.6) is 5.75 Å². The van der Waals surface area contributed by atoms with Crippen molar-refractivity contribution in [3.05, 3.63) is 99.6 Å². The molecule has 1 N–H and O–H groups in total. The van der Waals surface area contributed by atoms with E-state index in [9.17, 15) is 14.7 Å². The fourth-order valence-corrected chi connectivity index (χ4v) is 3.54. The average Bonchev–Trinajstić information content (AvgIpc) is 2.83. The molecule has 2 heterocycles. The lowest BCUT2D eigenvalue weighted by molar-refractivity contribution is -0.184. The fraction of sp³-hybridized carbons (Fsp3) is 0.280. The van der Waals surface area contributed by atoms with Gasteiger partial charge in [0.25, 0.3) is 0 Å². The van der Waals surface area contributed by atoms with Crippen molar-refractivity contribution in [2.24, 2.45) is 0 Å². The van der Waals surface area contributed by atoms with E-state index in [0.29, 0.717) is 18.6 Å². The van der Waals surface area contributed by atoms with Gasteiger partial charge in [0.2, 0.25) is 11.2 Å². The molecule has 1 aromatic heterocycles. The normalized spacial score (nSPS) is 16.9. The first-order valence-electron chi connectivity index (χ1n) is 10.5. The van der Waals surface area contributed by atoms with E-state index in [1.807, 2.05) is 30.3 Å². The highest BCUT2D eigenvalue weighted by Gasteiger charge is 2.29. The zero-order valence-corrected chi connectivity index (χ0v) is 17.4. The quantitative estimate of drug-likeness (QED) is 0.553. The molecular formula is C25H24O7. The summed E-state index contributed by atoms with van der Waals surface area (Å²) < 4.78 is 23.6. The molecule has 1 fully saturated rings. The Hall–Kier alpha value is -3.42. The summed E-state index contributed by atoms with van der Waals surface area (Å²) in [5, 5.41) is 9.22. The maximum absolute atomic E-state index is 12.7. The summed E-state index contributed by atoms with van der Waals surface area (Å²) in [6.45, 7) is 0.776. The molecule has 7 nitrogen and oxygen atoms in total. The molecule has 1 aliphatic heterocycles. The fourth-order valence-electron chi connectivity index (χ4n) is 3.54. The smallest absolute Gasteiger partial charge is 0.335 e. The standard InChI is InChI=1S/C25H24O7/c26-20-13-15-30-24(23(20)31-16-17-6-2-1-3-7-17)22(32-21-8-4-5-14-29-21)18-9-11-19(12-10-18)25(27)28/h1-3,6-7,9-13,15,21-22H,4-5,8,14,16H2,(H,27,28). The van der Waals surface area contributed by atoms with Gasteiger partial charge in [-0.2, -0.15) is 0 Å². The summed E-state index contributed by atoms with van der Waals surface area (Å²) >= 11 is 0. The molecule has 166 valence electrons. The van der Waals surface area contributed by atoms with Crippen LogP contribution in [0.4, 0.5) is 0 Å². The Morgan fingerprint density at radius 2 is 1.84 bits per heavy atom. The molecule has 1 saturated heterocycles. The number of hydrogen-bond acceptors (Lipinski definition) is 6. The summed E-state index contributed by atoms with van der Waals surface area (Å²) in [4.78, 5) is 23.9. The van der Waals surface area contributed by atoms with Gasteiger partial charge in [-0.25, -0.2) is 4.79 Å². The van der Waals surface area contributed by atoms with Crippen molar-refractivity contribution in [3.8, 4) is 5.75 Å². The highest BCUT2D eigenvalue weighted by molar-refractivity contribution is 5.87. The van der Waals surface area contributed by atoms with Gasteiger partial charge in [0, 0.05) is 12.7 Å². The van der Waals surface area contributed by atoms with Gasteiger partial charge in [-0.15, -0.1) is 0 Å². The Morgan fingerprint density at radius 1 is 1.06 bits per heavy atom. The topological polar surface area (TPSA) is 95.2 Å². The first-order valence-corrected chi connectivity index (χ1v) is 10.5. The van der Waals surface area contributed by atoms with Crippen LogP contribution in [-0.4, -0.2) is 24.0 Å². The van der Waals surface area contributed by atoms with Crippen LogP contribution in [0, 0.1) is 0 Å². The Balaban J connectivity index is 1.68. The summed E-state index contributed by atoms with van der Waals surface area (Å²) in [5.74, 6) is -0.757. The Labute approximate surface area is 185 Å². The molecule has 0 radical (unpaired) electrons. The van der Waals surface area contributed by atoms with Crippen LogP contribution in [0.1, 0.15) is 52.6 Å². The second-order valence-corrected chi connectivity index (χ2v) is 7.49. The van der Waals surface area contributed by atoms with E-state index in [-0.39, 0.29) is 29.1 Å². The predicted molar refractivity (Wildman–Crippen MR) is 116 cm³/mol. The lowest BCUT2D eigenvalue weighted by Gasteiger charge is -2.28. The average molecular weight is 436 g/mol. The summed E-state index contributed by atoms with van der Waals surface area (Å²) in [6, 6.07) is 17.1. The van der Waals surface area contributed by atoms with Crippen LogP contribution >= 0.6 is 0 Å². The Kier molecular flexibility index (Phi) is 6.99. The largest absolute Gasteiger partial charge is 0.482 e. The molecule has 4 rings (SSSR count). The number of aromatic carboxylic acids is 1. The lowest BCUT2D eigenvalue weighted by Crippen LogP contribution is -2.26. The minimum Gasteiger partial charge on any atom is -0.482 e. The van der Waals surface area contributed by atoms with Crippen molar-refractivity contribution < 1.29 is 28.5 Å². The molecule has 0 saturated carbocycles. The van der Waals surface area contributed by atoms with E-state index >= 15 is 0 Å². The molecule has 1 aliphatic rings. The van der Waals surface area contributed by atoms with Crippen LogP contribution in [0.2, 0.25) is 0 Å².